The lowest BCUT2D eigenvalue weighted by Crippen LogP contribution is -2.52. The normalized spacial score (nSPS) is 19.8. The van der Waals surface area contributed by atoms with Gasteiger partial charge in [-0.25, -0.2) is 0 Å². The Bertz CT molecular complexity index is 878. The fourth-order valence-corrected chi connectivity index (χ4v) is 4.99. The summed E-state index contributed by atoms with van der Waals surface area (Å²) < 4.78 is 0. The Balaban J connectivity index is 0.000000254. The van der Waals surface area contributed by atoms with Crippen LogP contribution in [0.25, 0.3) is 0 Å². The molecule has 2 aliphatic rings. The maximum atomic E-state index is 8.78. The molecule has 1 unspecified atom stereocenters. The van der Waals surface area contributed by atoms with E-state index in [1.807, 2.05) is 18.2 Å². The van der Waals surface area contributed by atoms with Gasteiger partial charge in [0.25, 0.3) is 0 Å². The van der Waals surface area contributed by atoms with Gasteiger partial charge in [-0.1, -0.05) is 55.2 Å². The maximum absolute atomic E-state index is 8.78. The van der Waals surface area contributed by atoms with Crippen LogP contribution in [-0.2, 0) is 6.54 Å². The summed E-state index contributed by atoms with van der Waals surface area (Å²) >= 11 is 1.30. The van der Waals surface area contributed by atoms with Crippen molar-refractivity contribution in [2.24, 2.45) is 16.8 Å². The van der Waals surface area contributed by atoms with Gasteiger partial charge >= 0.3 is 0 Å². The Hall–Kier alpha value is -1.86. The molecule has 0 aromatic heterocycles. The fraction of sp³-hybridized carbons (Fsp3) is 0.480. The van der Waals surface area contributed by atoms with Gasteiger partial charge in [0.1, 0.15) is 5.84 Å². The predicted octanol–water partition coefficient (Wildman–Crippen LogP) is 5.05. The molecule has 1 heterocycles. The minimum atomic E-state index is -0.136. The van der Waals surface area contributed by atoms with Crippen molar-refractivity contribution in [1.82, 2.24) is 4.90 Å². The molecular weight excluding hydrogens is 402 g/mol. The average molecular weight is 440 g/mol. The summed E-state index contributed by atoms with van der Waals surface area (Å²) in [6.07, 6.45) is 5.95. The molecule has 0 amide bonds. The van der Waals surface area contributed by atoms with Crippen molar-refractivity contribution in [3.05, 3.63) is 59.2 Å². The Morgan fingerprint density at radius 3 is 2.42 bits per heavy atom. The van der Waals surface area contributed by atoms with Crippen molar-refractivity contribution in [3.8, 4) is 0 Å². The lowest BCUT2D eigenvalue weighted by atomic mass is 9.87. The second kappa shape index (κ2) is 11.1. The van der Waals surface area contributed by atoms with Crippen molar-refractivity contribution in [2.75, 3.05) is 18.5 Å². The highest BCUT2D eigenvalue weighted by Crippen LogP contribution is 2.32. The summed E-state index contributed by atoms with van der Waals surface area (Å²) in [4.78, 5) is 5.52. The van der Waals surface area contributed by atoms with Crippen LogP contribution in [0, 0.1) is 25.2 Å². The summed E-state index contributed by atoms with van der Waals surface area (Å²) in [6.45, 7) is 5.87. The van der Waals surface area contributed by atoms with Gasteiger partial charge in [-0.3, -0.25) is 15.4 Å². The Labute approximate surface area is 191 Å². The molecule has 0 spiro atoms. The molecule has 2 aromatic rings. The third kappa shape index (κ3) is 6.10. The number of hydrogen-bond donors (Lipinski definition) is 3. The maximum Gasteiger partial charge on any atom is 0.105 e. The molecule has 2 aromatic carbocycles. The predicted molar refractivity (Wildman–Crippen MR) is 133 cm³/mol. The van der Waals surface area contributed by atoms with Gasteiger partial charge in [0.2, 0.25) is 0 Å². The third-order valence-electron chi connectivity index (χ3n) is 6.24. The number of aryl methyl sites for hydroxylation is 2. The second-order valence-corrected chi connectivity index (χ2v) is 9.55. The van der Waals surface area contributed by atoms with Gasteiger partial charge in [-0.2, -0.15) is 0 Å². The molecule has 1 saturated carbocycles. The number of nitrogens with zero attached hydrogens (tertiary/aromatic N) is 2. The zero-order valence-electron chi connectivity index (χ0n) is 19.1. The highest BCUT2D eigenvalue weighted by molar-refractivity contribution is 7.97. The van der Waals surface area contributed by atoms with E-state index in [2.05, 4.69) is 55.0 Å². The summed E-state index contributed by atoms with van der Waals surface area (Å²) in [5.74, 6) is 1.10. The molecule has 1 aliphatic carbocycles. The number of amidine groups is 1. The molecular formula is C25H37N5S. The number of anilines is 1. The van der Waals surface area contributed by atoms with Gasteiger partial charge in [0.15, 0.2) is 0 Å². The molecule has 1 fully saturated rings. The van der Waals surface area contributed by atoms with Crippen LogP contribution in [0.15, 0.2) is 47.4 Å². The number of rotatable bonds is 2. The highest BCUT2D eigenvalue weighted by atomic mass is 32.2. The van der Waals surface area contributed by atoms with Crippen LogP contribution < -0.4 is 15.8 Å². The lowest BCUT2D eigenvalue weighted by molar-refractivity contribution is 0.313. The zero-order valence-corrected chi connectivity index (χ0v) is 19.9. The number of hydrogen-bond acceptors (Lipinski definition) is 5. The van der Waals surface area contributed by atoms with Crippen LogP contribution in [0.5, 0.6) is 0 Å². The fourth-order valence-electron chi connectivity index (χ4n) is 4.58. The van der Waals surface area contributed by atoms with Crippen LogP contribution in [0.2, 0.25) is 0 Å². The Morgan fingerprint density at radius 1 is 1.06 bits per heavy atom. The average Bonchev–Trinajstić information content (AvgIpc) is 2.88. The largest absolute Gasteiger partial charge is 0.313 e. The van der Waals surface area contributed by atoms with Crippen molar-refractivity contribution in [2.45, 2.75) is 63.6 Å². The topological polar surface area (TPSA) is 82.4 Å². The first kappa shape index (κ1) is 23.8. The van der Waals surface area contributed by atoms with Gasteiger partial charge in [-0.15, -0.1) is 0 Å². The monoisotopic (exact) mass is 439 g/mol. The highest BCUT2D eigenvalue weighted by Gasteiger charge is 2.31. The van der Waals surface area contributed by atoms with Gasteiger partial charge in [0.05, 0.1) is 6.17 Å². The zero-order chi connectivity index (χ0) is 22.4. The first-order chi connectivity index (χ1) is 14.9. The van der Waals surface area contributed by atoms with Crippen LogP contribution in [-0.4, -0.2) is 30.5 Å². The van der Waals surface area contributed by atoms with E-state index in [9.17, 15) is 0 Å². The minimum Gasteiger partial charge on any atom is -0.313 e. The van der Waals surface area contributed by atoms with E-state index >= 15 is 0 Å². The van der Waals surface area contributed by atoms with E-state index < -0.39 is 0 Å². The van der Waals surface area contributed by atoms with E-state index in [1.165, 1.54) is 47.9 Å². The second-order valence-electron chi connectivity index (χ2n) is 8.87. The van der Waals surface area contributed by atoms with E-state index in [0.29, 0.717) is 5.92 Å². The van der Waals surface area contributed by atoms with Gasteiger partial charge in [-0.05, 0) is 68.9 Å². The third-order valence-corrected chi connectivity index (χ3v) is 6.95. The molecule has 0 radical (unpaired) electrons. The smallest absolute Gasteiger partial charge is 0.105 e. The summed E-state index contributed by atoms with van der Waals surface area (Å²) in [6, 6.07) is 14.6. The molecule has 168 valence electrons. The van der Waals surface area contributed by atoms with E-state index in [0.717, 1.165) is 42.3 Å². The molecule has 1 aliphatic heterocycles. The molecule has 31 heavy (non-hydrogen) atoms. The van der Waals surface area contributed by atoms with E-state index in [-0.39, 0.29) is 6.17 Å². The van der Waals surface area contributed by atoms with E-state index in [1.54, 1.807) is 0 Å². The quantitative estimate of drug-likeness (QED) is 0.346. The summed E-state index contributed by atoms with van der Waals surface area (Å²) in [5.41, 5.74) is 11.4. The Kier molecular flexibility index (Phi) is 8.55. The molecule has 6 heteroatoms. The van der Waals surface area contributed by atoms with Crippen molar-refractivity contribution in [1.29, 1.82) is 5.41 Å². The van der Waals surface area contributed by atoms with Crippen LogP contribution >= 0.6 is 11.9 Å². The molecule has 4 rings (SSSR count). The lowest BCUT2D eigenvalue weighted by Gasteiger charge is -2.36. The molecule has 5 N–H and O–H groups in total. The van der Waals surface area contributed by atoms with Crippen molar-refractivity contribution >= 4 is 23.5 Å². The van der Waals surface area contributed by atoms with Crippen LogP contribution in [0.4, 0.5) is 5.69 Å². The van der Waals surface area contributed by atoms with Crippen LogP contribution in [0.3, 0.4) is 0 Å². The van der Waals surface area contributed by atoms with E-state index in [4.69, 9.17) is 16.3 Å². The van der Waals surface area contributed by atoms with Crippen molar-refractivity contribution in [3.63, 3.8) is 0 Å². The number of fused-ring (bicyclic) bond motifs is 1. The van der Waals surface area contributed by atoms with Gasteiger partial charge in [0, 0.05) is 29.6 Å². The van der Waals surface area contributed by atoms with Crippen molar-refractivity contribution < 1.29 is 0 Å². The van der Waals surface area contributed by atoms with Crippen LogP contribution in [0.1, 0.15) is 48.8 Å². The van der Waals surface area contributed by atoms with Gasteiger partial charge < -0.3 is 10.6 Å². The summed E-state index contributed by atoms with van der Waals surface area (Å²) in [7, 11) is 2.11. The first-order valence-corrected chi connectivity index (χ1v) is 12.1. The summed E-state index contributed by atoms with van der Waals surface area (Å²) in [5, 5.41) is 14.2. The minimum absolute atomic E-state index is 0.136. The Morgan fingerprint density at radius 2 is 1.77 bits per heavy atom. The number of benzene rings is 2. The number of likely N-dealkylation sites (N-methyl/N-ethyl adjacent to an activating group) is 1. The SMILES string of the molecule is Cc1ccc2c(c1)CN(C)CC(N)N2C(=N)C1CCCCC1.Cc1ccccc1SN. The molecule has 0 bridgehead atoms. The number of nitrogens with two attached hydrogens (primary N) is 2. The molecule has 0 saturated heterocycles. The first-order valence-electron chi connectivity index (χ1n) is 11.2. The standard InChI is InChI=1S/C18H28N4.C7H9NS/c1-13-8-9-16-15(10-13)11-21(2)12-17(19)22(16)18(20)14-6-4-3-5-7-14;1-6-4-2-3-5-7(6)9-8/h8-10,14,17,20H,3-7,11-12,19H2,1-2H3;2-5H,8H2,1H3. The number of nitrogens with one attached hydrogen (secondary N) is 1. The molecule has 5 nitrogen and oxygen atoms in total. The molecule has 1 atom stereocenters.